The molecule has 1 heterocycles. The van der Waals surface area contributed by atoms with E-state index >= 15 is 0 Å². The van der Waals surface area contributed by atoms with Crippen LogP contribution in [0.25, 0.3) is 0 Å². The Balaban J connectivity index is 1.13. The van der Waals surface area contributed by atoms with E-state index < -0.39 is 0 Å². The second-order valence-electron chi connectivity index (χ2n) is 7.88. The molecule has 7 heteroatoms. The molecule has 1 aromatic heterocycles. The minimum absolute atomic E-state index is 0.0986. The fourth-order valence-electron chi connectivity index (χ4n) is 3.26. The van der Waals surface area contributed by atoms with Crippen LogP contribution in [0.5, 0.6) is 11.5 Å². The molecule has 0 spiro atoms. The van der Waals surface area contributed by atoms with Crippen molar-refractivity contribution in [3.63, 3.8) is 0 Å². The van der Waals surface area contributed by atoms with Gasteiger partial charge in [-0.3, -0.25) is 4.79 Å². The molecule has 3 aromatic rings. The van der Waals surface area contributed by atoms with E-state index in [1.54, 1.807) is 23.0 Å². The average molecular weight is 484 g/mol. The molecule has 0 bridgehead atoms. The number of nitrogens with zero attached hydrogens (tertiary/aromatic N) is 1. The van der Waals surface area contributed by atoms with Gasteiger partial charge in [0, 0.05) is 30.8 Å². The summed E-state index contributed by atoms with van der Waals surface area (Å²) in [4.78, 5) is 16.4. The largest absolute Gasteiger partial charge is 0.494 e. The summed E-state index contributed by atoms with van der Waals surface area (Å²) in [5.74, 6) is 1.49. The van der Waals surface area contributed by atoms with Crippen molar-refractivity contribution in [3.8, 4) is 11.5 Å². The molecule has 0 atom stereocenters. The highest BCUT2D eigenvalue weighted by Gasteiger charge is 2.11. The summed E-state index contributed by atoms with van der Waals surface area (Å²) in [7, 11) is 0. The van der Waals surface area contributed by atoms with Crippen molar-refractivity contribution >= 4 is 17.1 Å². The molecule has 0 fully saturated rings. The number of aromatic nitrogens is 1. The number of benzene rings is 2. The summed E-state index contributed by atoms with van der Waals surface area (Å²) in [6.07, 6.45) is 4.02. The van der Waals surface area contributed by atoms with Crippen LogP contribution in [0.4, 0.5) is 0 Å². The number of carbonyl (C=O) groups excluding carboxylic acids is 1. The predicted octanol–water partition coefficient (Wildman–Crippen LogP) is 5.73. The monoisotopic (exact) mass is 483 g/mol. The van der Waals surface area contributed by atoms with Crippen molar-refractivity contribution in [2.75, 3.05) is 39.6 Å². The lowest BCUT2D eigenvalue weighted by Crippen LogP contribution is -2.09. The summed E-state index contributed by atoms with van der Waals surface area (Å²) in [5.41, 5.74) is 3.90. The first-order chi connectivity index (χ1) is 16.7. The SMILES string of the molecule is Cc1cccc(OCCCCCOCCCOCCOc2cccc(C(=O)c3cscn3)c2)c1. The Morgan fingerprint density at radius 3 is 2.29 bits per heavy atom. The van der Waals surface area contributed by atoms with Gasteiger partial charge < -0.3 is 18.9 Å². The highest BCUT2D eigenvalue weighted by Crippen LogP contribution is 2.17. The van der Waals surface area contributed by atoms with Crippen LogP contribution in [0.3, 0.4) is 0 Å². The second-order valence-corrected chi connectivity index (χ2v) is 8.60. The molecule has 0 unspecified atom stereocenters. The summed E-state index contributed by atoms with van der Waals surface area (Å²) >= 11 is 1.40. The number of ketones is 1. The van der Waals surface area contributed by atoms with Gasteiger partial charge in [0.15, 0.2) is 0 Å². The Morgan fingerprint density at radius 1 is 0.794 bits per heavy atom. The van der Waals surface area contributed by atoms with Crippen LogP contribution in [-0.4, -0.2) is 50.4 Å². The molecule has 182 valence electrons. The normalized spacial score (nSPS) is 10.9. The van der Waals surface area contributed by atoms with Crippen LogP contribution in [0, 0.1) is 6.92 Å². The number of unbranched alkanes of at least 4 members (excludes halogenated alkanes) is 2. The van der Waals surface area contributed by atoms with E-state index in [2.05, 4.69) is 24.0 Å². The molecule has 0 aliphatic heterocycles. The Labute approximate surface area is 205 Å². The van der Waals surface area contributed by atoms with Gasteiger partial charge in [-0.15, -0.1) is 11.3 Å². The van der Waals surface area contributed by atoms with Crippen molar-refractivity contribution in [3.05, 3.63) is 76.2 Å². The van der Waals surface area contributed by atoms with Gasteiger partial charge in [-0.25, -0.2) is 4.98 Å². The molecular weight excluding hydrogens is 450 g/mol. The number of ether oxygens (including phenoxy) is 4. The highest BCUT2D eigenvalue weighted by molar-refractivity contribution is 7.07. The lowest BCUT2D eigenvalue weighted by atomic mass is 10.1. The Morgan fingerprint density at radius 2 is 1.50 bits per heavy atom. The maximum Gasteiger partial charge on any atom is 0.212 e. The number of thiazole rings is 1. The molecule has 0 saturated heterocycles. The van der Waals surface area contributed by atoms with Crippen molar-refractivity contribution in [2.45, 2.75) is 32.6 Å². The molecule has 3 rings (SSSR count). The molecule has 0 amide bonds. The van der Waals surface area contributed by atoms with Crippen molar-refractivity contribution < 1.29 is 23.7 Å². The van der Waals surface area contributed by atoms with Gasteiger partial charge in [-0.1, -0.05) is 24.3 Å². The van der Waals surface area contributed by atoms with E-state index in [9.17, 15) is 4.79 Å². The zero-order valence-corrected chi connectivity index (χ0v) is 20.6. The van der Waals surface area contributed by atoms with Crippen LogP contribution in [0.1, 0.15) is 47.3 Å². The first-order valence-corrected chi connectivity index (χ1v) is 12.7. The topological polar surface area (TPSA) is 66.9 Å². The lowest BCUT2D eigenvalue weighted by molar-refractivity contribution is 0.0669. The lowest BCUT2D eigenvalue weighted by Gasteiger charge is -2.09. The smallest absolute Gasteiger partial charge is 0.212 e. The predicted molar refractivity (Wildman–Crippen MR) is 134 cm³/mol. The summed E-state index contributed by atoms with van der Waals surface area (Å²) in [6, 6.07) is 15.3. The third-order valence-electron chi connectivity index (χ3n) is 5.03. The van der Waals surface area contributed by atoms with E-state index in [1.165, 1.54) is 16.9 Å². The van der Waals surface area contributed by atoms with Gasteiger partial charge in [0.25, 0.3) is 0 Å². The van der Waals surface area contributed by atoms with E-state index in [0.717, 1.165) is 44.6 Å². The van der Waals surface area contributed by atoms with Gasteiger partial charge >= 0.3 is 0 Å². The summed E-state index contributed by atoms with van der Waals surface area (Å²) in [6.45, 7) is 5.83. The number of carbonyl (C=O) groups is 1. The highest BCUT2D eigenvalue weighted by atomic mass is 32.1. The molecular formula is C27H33NO5S. The van der Waals surface area contributed by atoms with E-state index in [4.69, 9.17) is 18.9 Å². The van der Waals surface area contributed by atoms with E-state index in [1.807, 2.05) is 24.3 Å². The summed E-state index contributed by atoms with van der Waals surface area (Å²) in [5, 5.41) is 1.75. The Hall–Kier alpha value is -2.74. The van der Waals surface area contributed by atoms with Crippen LogP contribution in [0.2, 0.25) is 0 Å². The fourth-order valence-corrected chi connectivity index (χ4v) is 3.80. The van der Waals surface area contributed by atoms with Gasteiger partial charge in [0.2, 0.25) is 5.78 Å². The number of hydrogen-bond donors (Lipinski definition) is 0. The Bertz CT molecular complexity index is 977. The van der Waals surface area contributed by atoms with Crippen molar-refractivity contribution in [1.29, 1.82) is 0 Å². The molecule has 34 heavy (non-hydrogen) atoms. The van der Waals surface area contributed by atoms with Gasteiger partial charge in [-0.05, 0) is 62.4 Å². The standard InChI is InChI=1S/C27H33NO5S/c1-22-8-5-10-24(18-22)32-15-4-2-3-12-30-13-7-14-31-16-17-33-25-11-6-9-23(19-25)27(29)26-20-34-21-28-26/h5-6,8-11,18-21H,2-4,7,12-17H2,1H3. The van der Waals surface area contributed by atoms with Crippen molar-refractivity contribution in [1.82, 2.24) is 4.98 Å². The fraction of sp³-hybridized carbons (Fsp3) is 0.407. The maximum absolute atomic E-state index is 12.4. The zero-order chi connectivity index (χ0) is 23.8. The third kappa shape index (κ3) is 9.63. The molecule has 0 radical (unpaired) electrons. The average Bonchev–Trinajstić information content (AvgIpc) is 3.39. The van der Waals surface area contributed by atoms with Crippen LogP contribution in [0.15, 0.2) is 59.4 Å². The molecule has 0 N–H and O–H groups in total. The quantitative estimate of drug-likeness (QED) is 0.180. The minimum atomic E-state index is -0.0986. The third-order valence-corrected chi connectivity index (χ3v) is 5.61. The van der Waals surface area contributed by atoms with Gasteiger partial charge in [-0.2, -0.15) is 0 Å². The first-order valence-electron chi connectivity index (χ1n) is 11.7. The summed E-state index contributed by atoms with van der Waals surface area (Å²) < 4.78 is 22.7. The van der Waals surface area contributed by atoms with Gasteiger partial charge in [0.05, 0.1) is 18.7 Å². The number of rotatable bonds is 17. The molecule has 2 aromatic carbocycles. The van der Waals surface area contributed by atoms with E-state index in [-0.39, 0.29) is 5.78 Å². The van der Waals surface area contributed by atoms with Crippen molar-refractivity contribution in [2.24, 2.45) is 0 Å². The second kappa shape index (κ2) is 15.2. The molecule has 6 nitrogen and oxygen atoms in total. The maximum atomic E-state index is 12.4. The molecule has 0 aliphatic carbocycles. The van der Waals surface area contributed by atoms with Crippen LogP contribution in [-0.2, 0) is 9.47 Å². The van der Waals surface area contributed by atoms with E-state index in [0.29, 0.717) is 43.4 Å². The first kappa shape index (κ1) is 25.9. The van der Waals surface area contributed by atoms with Crippen LogP contribution < -0.4 is 9.47 Å². The number of aryl methyl sites for hydroxylation is 1. The molecule has 0 aliphatic rings. The van der Waals surface area contributed by atoms with Gasteiger partial charge in [0.1, 0.15) is 23.8 Å². The number of hydrogen-bond acceptors (Lipinski definition) is 7. The Kier molecular flexibility index (Phi) is 11.6. The minimum Gasteiger partial charge on any atom is -0.494 e. The van der Waals surface area contributed by atoms with Crippen LogP contribution >= 0.6 is 11.3 Å². The molecule has 0 saturated carbocycles. The zero-order valence-electron chi connectivity index (χ0n) is 19.7.